The van der Waals surface area contributed by atoms with E-state index in [1.54, 1.807) is 12.1 Å². The van der Waals surface area contributed by atoms with Gasteiger partial charge in [0.1, 0.15) is 5.82 Å². The summed E-state index contributed by atoms with van der Waals surface area (Å²) in [5.41, 5.74) is 2.97. The number of aryl methyl sites for hydroxylation is 1. The summed E-state index contributed by atoms with van der Waals surface area (Å²) in [5.74, 6) is -0.221. The van der Waals surface area contributed by atoms with Crippen molar-refractivity contribution in [1.82, 2.24) is 4.90 Å². The van der Waals surface area contributed by atoms with Crippen LogP contribution in [0.4, 0.5) is 10.1 Å². The quantitative estimate of drug-likeness (QED) is 0.769. The van der Waals surface area contributed by atoms with Crippen molar-refractivity contribution in [1.29, 1.82) is 0 Å². The maximum Gasteiger partial charge on any atom is 0.173 e. The lowest BCUT2D eigenvalue weighted by Gasteiger charge is -2.26. The number of anilines is 1. The number of thiocarbonyl (C=S) groups is 1. The van der Waals surface area contributed by atoms with Crippen LogP contribution in [0.2, 0.25) is 5.02 Å². The van der Waals surface area contributed by atoms with Crippen molar-refractivity contribution in [2.75, 3.05) is 5.32 Å². The summed E-state index contributed by atoms with van der Waals surface area (Å²) >= 11 is 11.7. The summed E-state index contributed by atoms with van der Waals surface area (Å²) in [5, 5.41) is 4.66. The average molecular weight is 349 g/mol. The Balaban J connectivity index is 1.71. The zero-order valence-corrected chi connectivity index (χ0v) is 14.4. The van der Waals surface area contributed by atoms with Gasteiger partial charge in [-0.1, -0.05) is 29.8 Å². The molecule has 0 spiro atoms. The van der Waals surface area contributed by atoms with Crippen LogP contribution in [0, 0.1) is 12.7 Å². The lowest BCUT2D eigenvalue weighted by molar-refractivity contribution is 0.409. The predicted octanol–water partition coefficient (Wildman–Crippen LogP) is 5.15. The summed E-state index contributed by atoms with van der Waals surface area (Å²) in [4.78, 5) is 2.16. The second-order valence-electron chi connectivity index (χ2n) is 5.88. The van der Waals surface area contributed by atoms with Crippen molar-refractivity contribution in [2.24, 2.45) is 0 Å². The van der Waals surface area contributed by atoms with Crippen LogP contribution in [0.3, 0.4) is 0 Å². The SMILES string of the molecule is Cc1ccc(NC(=S)N(Cc2ccc(F)cc2)C2CC2)cc1Cl. The van der Waals surface area contributed by atoms with Crippen LogP contribution < -0.4 is 5.32 Å². The monoisotopic (exact) mass is 348 g/mol. The summed E-state index contributed by atoms with van der Waals surface area (Å²) in [7, 11) is 0. The average Bonchev–Trinajstić information content (AvgIpc) is 3.35. The molecule has 0 aromatic heterocycles. The summed E-state index contributed by atoms with van der Waals surface area (Å²) in [6.07, 6.45) is 2.27. The van der Waals surface area contributed by atoms with Gasteiger partial charge in [0.2, 0.25) is 0 Å². The van der Waals surface area contributed by atoms with Crippen molar-refractivity contribution >= 4 is 34.6 Å². The Labute approximate surface area is 146 Å². The first kappa shape index (κ1) is 16.2. The van der Waals surface area contributed by atoms with E-state index in [0.29, 0.717) is 22.7 Å². The van der Waals surface area contributed by atoms with Gasteiger partial charge in [0.15, 0.2) is 5.11 Å². The van der Waals surface area contributed by atoms with Gasteiger partial charge in [0.05, 0.1) is 0 Å². The van der Waals surface area contributed by atoms with Gasteiger partial charge in [-0.05, 0) is 67.4 Å². The number of nitrogens with zero attached hydrogens (tertiary/aromatic N) is 1. The topological polar surface area (TPSA) is 15.3 Å². The van der Waals surface area contributed by atoms with E-state index in [1.807, 2.05) is 25.1 Å². The normalized spacial score (nSPS) is 13.7. The number of nitrogens with one attached hydrogen (secondary N) is 1. The summed E-state index contributed by atoms with van der Waals surface area (Å²) < 4.78 is 13.0. The molecule has 0 heterocycles. The Bertz CT molecular complexity index is 713. The first-order valence-electron chi connectivity index (χ1n) is 7.61. The van der Waals surface area contributed by atoms with E-state index < -0.39 is 0 Å². The number of rotatable bonds is 4. The molecule has 1 N–H and O–H groups in total. The highest BCUT2D eigenvalue weighted by molar-refractivity contribution is 7.80. The third kappa shape index (κ3) is 4.21. The van der Waals surface area contributed by atoms with Gasteiger partial charge in [0.25, 0.3) is 0 Å². The van der Waals surface area contributed by atoms with Crippen molar-refractivity contribution in [3.05, 3.63) is 64.4 Å². The Kier molecular flexibility index (Phi) is 4.83. The standard InChI is InChI=1S/C18H18ClFN2S/c1-12-2-7-15(10-17(12)19)21-18(23)22(16-8-9-16)11-13-3-5-14(20)6-4-13/h2-7,10,16H,8-9,11H2,1H3,(H,21,23). The molecule has 1 fully saturated rings. The van der Waals surface area contributed by atoms with Gasteiger partial charge in [-0.2, -0.15) is 0 Å². The molecule has 2 aromatic carbocycles. The number of halogens is 2. The molecule has 0 saturated heterocycles. The first-order valence-corrected chi connectivity index (χ1v) is 8.40. The maximum absolute atomic E-state index is 13.0. The molecule has 3 rings (SSSR count). The van der Waals surface area contributed by atoms with Crippen LogP contribution >= 0.6 is 23.8 Å². The minimum atomic E-state index is -0.221. The van der Waals surface area contributed by atoms with Crippen LogP contribution in [0.1, 0.15) is 24.0 Å². The zero-order chi connectivity index (χ0) is 16.4. The minimum absolute atomic E-state index is 0.221. The predicted molar refractivity (Wildman–Crippen MR) is 97.4 cm³/mol. The zero-order valence-electron chi connectivity index (χ0n) is 12.9. The smallest absolute Gasteiger partial charge is 0.173 e. The van der Waals surface area contributed by atoms with E-state index in [2.05, 4.69) is 10.2 Å². The molecule has 1 aliphatic carbocycles. The van der Waals surface area contributed by atoms with Crippen molar-refractivity contribution in [3.63, 3.8) is 0 Å². The largest absolute Gasteiger partial charge is 0.342 e. The Morgan fingerprint density at radius 1 is 1.26 bits per heavy atom. The number of hydrogen-bond acceptors (Lipinski definition) is 1. The second-order valence-corrected chi connectivity index (χ2v) is 6.67. The fourth-order valence-electron chi connectivity index (χ4n) is 2.41. The van der Waals surface area contributed by atoms with E-state index in [1.165, 1.54) is 12.1 Å². The molecule has 1 aliphatic rings. The third-order valence-corrected chi connectivity index (χ3v) is 4.68. The molecule has 0 radical (unpaired) electrons. The molecule has 5 heteroatoms. The Morgan fingerprint density at radius 3 is 2.57 bits per heavy atom. The van der Waals surface area contributed by atoms with Crippen LogP contribution in [0.15, 0.2) is 42.5 Å². The third-order valence-electron chi connectivity index (χ3n) is 3.94. The summed E-state index contributed by atoms with van der Waals surface area (Å²) in [6.45, 7) is 2.64. The van der Waals surface area contributed by atoms with Crippen LogP contribution in [0.5, 0.6) is 0 Å². The molecule has 1 saturated carbocycles. The lowest BCUT2D eigenvalue weighted by atomic mass is 10.2. The molecule has 2 nitrogen and oxygen atoms in total. The molecule has 2 aromatic rings. The highest BCUT2D eigenvalue weighted by Crippen LogP contribution is 2.29. The molecule has 0 unspecified atom stereocenters. The van der Waals surface area contributed by atoms with Crippen LogP contribution in [-0.2, 0) is 6.54 Å². The molecular formula is C18H18ClFN2S. The second kappa shape index (κ2) is 6.85. The van der Waals surface area contributed by atoms with Crippen molar-refractivity contribution in [2.45, 2.75) is 32.4 Å². The number of hydrogen-bond donors (Lipinski definition) is 1. The Hall–Kier alpha value is -1.65. The highest BCUT2D eigenvalue weighted by Gasteiger charge is 2.30. The maximum atomic E-state index is 13.0. The van der Waals surface area contributed by atoms with Gasteiger partial charge in [-0.25, -0.2) is 4.39 Å². The summed E-state index contributed by atoms with van der Waals surface area (Å²) in [6, 6.07) is 12.8. The van der Waals surface area contributed by atoms with E-state index >= 15 is 0 Å². The number of benzene rings is 2. The van der Waals surface area contributed by atoms with Gasteiger partial charge in [0, 0.05) is 23.3 Å². The van der Waals surface area contributed by atoms with Crippen LogP contribution in [-0.4, -0.2) is 16.1 Å². The fourth-order valence-corrected chi connectivity index (χ4v) is 2.92. The van der Waals surface area contributed by atoms with E-state index in [9.17, 15) is 4.39 Å². The van der Waals surface area contributed by atoms with E-state index in [0.717, 1.165) is 29.7 Å². The van der Waals surface area contributed by atoms with E-state index in [-0.39, 0.29) is 5.82 Å². The highest BCUT2D eigenvalue weighted by atomic mass is 35.5. The Morgan fingerprint density at radius 2 is 1.96 bits per heavy atom. The van der Waals surface area contributed by atoms with Gasteiger partial charge in [-0.15, -0.1) is 0 Å². The molecular weight excluding hydrogens is 331 g/mol. The lowest BCUT2D eigenvalue weighted by Crippen LogP contribution is -2.36. The van der Waals surface area contributed by atoms with Crippen molar-refractivity contribution < 1.29 is 4.39 Å². The van der Waals surface area contributed by atoms with Gasteiger partial charge >= 0.3 is 0 Å². The molecule has 23 heavy (non-hydrogen) atoms. The first-order chi connectivity index (χ1) is 11.0. The molecule has 0 atom stereocenters. The van der Waals surface area contributed by atoms with Gasteiger partial charge in [-0.3, -0.25) is 0 Å². The van der Waals surface area contributed by atoms with Gasteiger partial charge < -0.3 is 10.2 Å². The fraction of sp³-hybridized carbons (Fsp3) is 0.278. The molecule has 0 bridgehead atoms. The molecule has 0 aliphatic heterocycles. The van der Waals surface area contributed by atoms with Crippen molar-refractivity contribution in [3.8, 4) is 0 Å². The minimum Gasteiger partial charge on any atom is -0.342 e. The van der Waals surface area contributed by atoms with Crippen LogP contribution in [0.25, 0.3) is 0 Å². The molecule has 0 amide bonds. The molecule has 120 valence electrons. The van der Waals surface area contributed by atoms with E-state index in [4.69, 9.17) is 23.8 Å².